The zero-order valence-corrected chi connectivity index (χ0v) is 27.9. The molecule has 49 heavy (non-hydrogen) atoms. The minimum absolute atomic E-state index is 0. The summed E-state index contributed by atoms with van der Waals surface area (Å²) in [5.74, 6) is -0.421. The number of benzene rings is 3. The van der Waals surface area contributed by atoms with Gasteiger partial charge in [-0.15, -0.1) is 12.4 Å². The average molecular weight is 698 g/mol. The number of hydrogen-bond acceptors (Lipinski definition) is 5. The number of carbonyl (C=O) groups excluding carboxylic acids is 2. The number of anilines is 1. The van der Waals surface area contributed by atoms with Crippen LogP contribution >= 0.6 is 12.4 Å². The molecule has 2 amide bonds. The molecule has 0 aliphatic heterocycles. The van der Waals surface area contributed by atoms with Gasteiger partial charge in [-0.1, -0.05) is 38.1 Å². The third-order valence-corrected chi connectivity index (χ3v) is 9.37. The lowest BCUT2D eigenvalue weighted by molar-refractivity contribution is -0.137. The number of halogens is 4. The lowest BCUT2D eigenvalue weighted by Gasteiger charge is -2.35. The van der Waals surface area contributed by atoms with Gasteiger partial charge >= 0.3 is 11.9 Å². The molecule has 1 fully saturated rings. The maximum Gasteiger partial charge on any atom is 0.417 e. The van der Waals surface area contributed by atoms with Gasteiger partial charge in [-0.25, -0.2) is 9.78 Å². The number of aromatic amines is 3. The first-order valence-corrected chi connectivity index (χ1v) is 16.1. The number of primary amides is 1. The fourth-order valence-corrected chi connectivity index (χ4v) is 6.66. The van der Waals surface area contributed by atoms with Crippen LogP contribution in [0.4, 0.5) is 18.9 Å². The number of H-pyrrole nitrogens is 3. The van der Waals surface area contributed by atoms with Gasteiger partial charge in [0.25, 0.3) is 0 Å². The highest BCUT2D eigenvalue weighted by atomic mass is 35.5. The number of fused-ring (bicyclic) bond motifs is 2. The number of hydrogen-bond donors (Lipinski definition) is 5. The predicted octanol–water partition coefficient (Wildman–Crippen LogP) is 6.16. The van der Waals surface area contributed by atoms with Gasteiger partial charge in [0.1, 0.15) is 11.9 Å². The SMILES string of the molecule is CC(C)c1nc2cc(-c3ccc(C[C@@H](C(N)=O)N(C(=O)C4CCC(CN)CC4)c4ccc5[nH]c(=O)[nH]c5c4)cc3)c(C(F)(F)F)cc2[nH]1.Cl. The quantitative estimate of drug-likeness (QED) is 0.124. The molecule has 14 heteroatoms. The summed E-state index contributed by atoms with van der Waals surface area (Å²) in [6.07, 6.45) is -1.80. The zero-order chi connectivity index (χ0) is 34.3. The maximum absolute atomic E-state index is 14.2. The van der Waals surface area contributed by atoms with Crippen molar-refractivity contribution < 1.29 is 22.8 Å². The summed E-state index contributed by atoms with van der Waals surface area (Å²) in [4.78, 5) is 53.5. The summed E-state index contributed by atoms with van der Waals surface area (Å²) in [5, 5.41) is 0. The molecular weight excluding hydrogens is 659 g/mol. The molecule has 2 aromatic heterocycles. The molecule has 10 nitrogen and oxygen atoms in total. The number of nitrogens with one attached hydrogen (secondary N) is 3. The Kier molecular flexibility index (Phi) is 10.3. The summed E-state index contributed by atoms with van der Waals surface area (Å²) >= 11 is 0. The third kappa shape index (κ3) is 7.37. The molecule has 0 bridgehead atoms. The number of nitrogens with two attached hydrogens (primary N) is 2. The molecule has 1 aliphatic rings. The van der Waals surface area contributed by atoms with Gasteiger partial charge in [-0.2, -0.15) is 13.2 Å². The molecule has 0 unspecified atom stereocenters. The Hall–Kier alpha value is -4.62. The topological polar surface area (TPSA) is 167 Å². The molecule has 3 aromatic carbocycles. The predicted molar refractivity (Wildman–Crippen MR) is 185 cm³/mol. The second-order valence-corrected chi connectivity index (χ2v) is 13.0. The van der Waals surface area contributed by atoms with E-state index < -0.39 is 29.4 Å². The highest BCUT2D eigenvalue weighted by Gasteiger charge is 2.37. The highest BCUT2D eigenvalue weighted by Crippen LogP contribution is 2.40. The van der Waals surface area contributed by atoms with E-state index in [1.165, 1.54) is 11.0 Å². The van der Waals surface area contributed by atoms with Crippen molar-refractivity contribution in [3.05, 3.63) is 82.0 Å². The number of rotatable bonds is 9. The number of aromatic nitrogens is 4. The number of amides is 2. The summed E-state index contributed by atoms with van der Waals surface area (Å²) in [6.45, 7) is 4.35. The molecule has 0 spiro atoms. The van der Waals surface area contributed by atoms with Gasteiger partial charge in [0.05, 0.1) is 27.6 Å². The van der Waals surface area contributed by atoms with E-state index in [0.29, 0.717) is 70.0 Å². The lowest BCUT2D eigenvalue weighted by atomic mass is 9.81. The van der Waals surface area contributed by atoms with Crippen molar-refractivity contribution >= 4 is 52.0 Å². The van der Waals surface area contributed by atoms with Crippen LogP contribution < -0.4 is 22.1 Å². The van der Waals surface area contributed by atoms with E-state index in [1.807, 2.05) is 13.8 Å². The fourth-order valence-electron chi connectivity index (χ4n) is 6.66. The molecule has 1 saturated carbocycles. The van der Waals surface area contributed by atoms with Crippen LogP contribution in [0.5, 0.6) is 0 Å². The van der Waals surface area contributed by atoms with E-state index in [2.05, 4.69) is 19.9 Å². The van der Waals surface area contributed by atoms with Crippen LogP contribution in [-0.4, -0.2) is 44.3 Å². The van der Waals surface area contributed by atoms with Gasteiger partial charge in [-0.3, -0.25) is 14.5 Å². The van der Waals surface area contributed by atoms with E-state index >= 15 is 0 Å². The minimum atomic E-state index is -4.61. The van der Waals surface area contributed by atoms with Crippen molar-refractivity contribution in [2.24, 2.45) is 23.3 Å². The summed E-state index contributed by atoms with van der Waals surface area (Å²) in [7, 11) is 0. The first-order chi connectivity index (χ1) is 22.8. The first kappa shape index (κ1) is 35.7. The smallest absolute Gasteiger partial charge is 0.368 e. The van der Waals surface area contributed by atoms with Crippen LogP contribution in [0.1, 0.15) is 62.4 Å². The van der Waals surface area contributed by atoms with Gasteiger partial charge in [0.15, 0.2) is 0 Å². The zero-order valence-electron chi connectivity index (χ0n) is 27.1. The lowest BCUT2D eigenvalue weighted by Crippen LogP contribution is -2.52. The normalized spacial score (nSPS) is 17.3. The molecule has 0 radical (unpaired) electrons. The van der Waals surface area contributed by atoms with E-state index in [0.717, 1.165) is 18.9 Å². The summed E-state index contributed by atoms with van der Waals surface area (Å²) in [6, 6.07) is 12.8. The monoisotopic (exact) mass is 697 g/mol. The number of nitrogens with zero attached hydrogens (tertiary/aromatic N) is 2. The van der Waals surface area contributed by atoms with Crippen molar-refractivity contribution in [2.75, 3.05) is 11.4 Å². The molecule has 2 heterocycles. The Bertz CT molecular complexity index is 2030. The molecule has 1 atom stereocenters. The molecular formula is C35H39ClF3N7O3. The molecule has 6 rings (SSSR count). The number of imidazole rings is 2. The van der Waals surface area contributed by atoms with Crippen molar-refractivity contribution in [2.45, 2.75) is 64.1 Å². The van der Waals surface area contributed by atoms with Crippen LogP contribution in [0.2, 0.25) is 0 Å². The largest absolute Gasteiger partial charge is 0.417 e. The van der Waals surface area contributed by atoms with Gasteiger partial charge < -0.3 is 26.4 Å². The number of carbonyl (C=O) groups is 2. The Morgan fingerprint density at radius 2 is 1.61 bits per heavy atom. The van der Waals surface area contributed by atoms with Crippen molar-refractivity contribution in [3.8, 4) is 11.1 Å². The van der Waals surface area contributed by atoms with E-state index in [-0.39, 0.29) is 42.1 Å². The van der Waals surface area contributed by atoms with Gasteiger partial charge in [-0.05, 0) is 85.2 Å². The average Bonchev–Trinajstić information content (AvgIpc) is 3.66. The van der Waals surface area contributed by atoms with Crippen molar-refractivity contribution in [1.29, 1.82) is 0 Å². The minimum Gasteiger partial charge on any atom is -0.368 e. The van der Waals surface area contributed by atoms with E-state index in [1.54, 1.807) is 42.5 Å². The summed E-state index contributed by atoms with van der Waals surface area (Å²) in [5.41, 5.74) is 13.7. The Morgan fingerprint density at radius 3 is 2.22 bits per heavy atom. The maximum atomic E-state index is 14.2. The van der Waals surface area contributed by atoms with Crippen LogP contribution in [0.3, 0.4) is 0 Å². The number of alkyl halides is 3. The molecule has 7 N–H and O–H groups in total. The van der Waals surface area contributed by atoms with Crippen LogP contribution in [-0.2, 0) is 22.2 Å². The Labute approximate surface area is 286 Å². The van der Waals surface area contributed by atoms with Crippen LogP contribution in [0.15, 0.2) is 59.4 Å². The van der Waals surface area contributed by atoms with E-state index in [4.69, 9.17) is 11.5 Å². The fraction of sp³-hybridized carbons (Fsp3) is 0.371. The second-order valence-electron chi connectivity index (χ2n) is 13.0. The van der Waals surface area contributed by atoms with Gasteiger partial charge in [0, 0.05) is 23.9 Å². The van der Waals surface area contributed by atoms with Gasteiger partial charge in [0.2, 0.25) is 11.8 Å². The van der Waals surface area contributed by atoms with Crippen LogP contribution in [0.25, 0.3) is 33.2 Å². The molecule has 0 saturated heterocycles. The standard InChI is InChI=1S/C35H38F3N7O3.ClH/c1-18(2)32-41-28-15-24(25(35(36,37)38)16-29(28)42-32)21-7-3-19(4-8-21)13-30(31(40)46)45(33(47)22-9-5-20(17-39)6-10-22)23-11-12-26-27(14-23)44-34(48)43-26;/h3-4,7-8,11-12,14-16,18,20,22,30H,5-6,9-10,13,17,39H2,1-2H3,(H2,40,46)(H,41,42)(H2,43,44,48);1H/t20?,22?,30-;/m0./s1. The van der Waals surface area contributed by atoms with Crippen molar-refractivity contribution in [3.63, 3.8) is 0 Å². The molecule has 1 aliphatic carbocycles. The van der Waals surface area contributed by atoms with E-state index in [9.17, 15) is 27.6 Å². The Morgan fingerprint density at radius 1 is 0.939 bits per heavy atom. The summed E-state index contributed by atoms with van der Waals surface area (Å²) < 4.78 is 42.7. The first-order valence-electron chi connectivity index (χ1n) is 16.1. The molecule has 260 valence electrons. The third-order valence-electron chi connectivity index (χ3n) is 9.37. The molecule has 5 aromatic rings. The second kappa shape index (κ2) is 14.1. The Balaban J connectivity index is 0.00000468. The van der Waals surface area contributed by atoms with Crippen LogP contribution in [0, 0.1) is 11.8 Å². The highest BCUT2D eigenvalue weighted by molar-refractivity contribution is 6.02. The van der Waals surface area contributed by atoms with Crippen molar-refractivity contribution in [1.82, 2.24) is 19.9 Å².